The minimum Gasteiger partial charge on any atom is -0.481 e. The number of benzene rings is 1. The smallest absolute Gasteiger partial charge is 0.306 e. The molecule has 0 aromatic heterocycles. The zero-order valence-electron chi connectivity index (χ0n) is 9.15. The topological polar surface area (TPSA) is 46.5 Å². The van der Waals surface area contributed by atoms with E-state index in [4.69, 9.17) is 9.84 Å². The number of carboxylic acids is 1. The number of hydrogen-bond donors (Lipinski definition) is 1. The van der Waals surface area contributed by atoms with Crippen LogP contribution in [0.5, 0.6) is 0 Å². The van der Waals surface area contributed by atoms with Crippen molar-refractivity contribution in [1.82, 2.24) is 0 Å². The van der Waals surface area contributed by atoms with Gasteiger partial charge in [0.2, 0.25) is 0 Å². The number of ether oxygens (including phenoxy) is 1. The van der Waals surface area contributed by atoms with Gasteiger partial charge in [0.05, 0.1) is 5.92 Å². The lowest BCUT2D eigenvalue weighted by atomic mass is 9.97. The Bertz CT molecular complexity index is 352. The maximum atomic E-state index is 11.0. The molecule has 0 fully saturated rings. The fourth-order valence-corrected chi connectivity index (χ4v) is 1.97. The number of methoxy groups -OCH3 is 1. The first kappa shape index (κ1) is 13.2. The van der Waals surface area contributed by atoms with Gasteiger partial charge in [0.25, 0.3) is 0 Å². The Morgan fingerprint density at radius 2 is 2.31 bits per heavy atom. The standard InChI is InChI=1S/C12H15BrO3/c1-16-6-5-10(12(14)15)7-9-3-2-4-11(13)8-9/h2-4,8,10H,5-7H2,1H3,(H,14,15)/t10-/m1/s1. The van der Waals surface area contributed by atoms with E-state index >= 15 is 0 Å². The zero-order chi connectivity index (χ0) is 12.0. The van der Waals surface area contributed by atoms with E-state index in [1.54, 1.807) is 7.11 Å². The summed E-state index contributed by atoms with van der Waals surface area (Å²) < 4.78 is 5.88. The molecular weight excluding hydrogens is 272 g/mol. The molecule has 1 aromatic carbocycles. The van der Waals surface area contributed by atoms with Gasteiger partial charge in [-0.2, -0.15) is 0 Å². The third-order valence-electron chi connectivity index (χ3n) is 2.39. The van der Waals surface area contributed by atoms with Crippen LogP contribution >= 0.6 is 15.9 Å². The van der Waals surface area contributed by atoms with Gasteiger partial charge in [0, 0.05) is 18.2 Å². The van der Waals surface area contributed by atoms with E-state index < -0.39 is 5.97 Å². The molecule has 4 heteroatoms. The lowest BCUT2D eigenvalue weighted by Crippen LogP contribution is -2.18. The number of halogens is 1. The molecule has 1 atom stereocenters. The third kappa shape index (κ3) is 4.33. The molecule has 0 aliphatic heterocycles. The molecule has 0 heterocycles. The van der Waals surface area contributed by atoms with Gasteiger partial charge in [-0.25, -0.2) is 0 Å². The van der Waals surface area contributed by atoms with Crippen LogP contribution in [0.3, 0.4) is 0 Å². The molecule has 0 spiro atoms. The van der Waals surface area contributed by atoms with Gasteiger partial charge in [0.15, 0.2) is 0 Å². The molecule has 1 N–H and O–H groups in total. The highest BCUT2D eigenvalue weighted by atomic mass is 79.9. The SMILES string of the molecule is COCC[C@H](Cc1cccc(Br)c1)C(=O)O. The Morgan fingerprint density at radius 1 is 1.56 bits per heavy atom. The van der Waals surface area contributed by atoms with E-state index in [9.17, 15) is 4.79 Å². The van der Waals surface area contributed by atoms with Crippen molar-refractivity contribution in [3.05, 3.63) is 34.3 Å². The Morgan fingerprint density at radius 3 is 2.88 bits per heavy atom. The Labute approximate surface area is 104 Å². The largest absolute Gasteiger partial charge is 0.481 e. The maximum Gasteiger partial charge on any atom is 0.306 e. The molecule has 0 amide bonds. The predicted molar refractivity (Wildman–Crippen MR) is 65.5 cm³/mol. The Kier molecular flexibility index (Phi) is 5.49. The normalized spacial score (nSPS) is 12.4. The Balaban J connectivity index is 2.64. The molecule has 0 saturated heterocycles. The van der Waals surface area contributed by atoms with Gasteiger partial charge in [-0.1, -0.05) is 28.1 Å². The number of carbonyl (C=O) groups is 1. The first-order chi connectivity index (χ1) is 7.63. The van der Waals surface area contributed by atoms with Crippen LogP contribution in [0.25, 0.3) is 0 Å². The van der Waals surface area contributed by atoms with Crippen LogP contribution in [-0.2, 0) is 16.0 Å². The number of carboxylic acid groups (broad SMARTS) is 1. The number of rotatable bonds is 6. The summed E-state index contributed by atoms with van der Waals surface area (Å²) in [4.78, 5) is 11.0. The maximum absolute atomic E-state index is 11.0. The second-order valence-corrected chi connectivity index (χ2v) is 4.57. The molecule has 0 aliphatic rings. The van der Waals surface area contributed by atoms with Crippen molar-refractivity contribution in [1.29, 1.82) is 0 Å². The van der Waals surface area contributed by atoms with E-state index in [1.165, 1.54) is 0 Å². The molecule has 0 unspecified atom stereocenters. The highest BCUT2D eigenvalue weighted by Gasteiger charge is 2.17. The monoisotopic (exact) mass is 286 g/mol. The van der Waals surface area contributed by atoms with Crippen LogP contribution in [0, 0.1) is 5.92 Å². The fourth-order valence-electron chi connectivity index (χ4n) is 1.52. The molecule has 88 valence electrons. The highest BCUT2D eigenvalue weighted by molar-refractivity contribution is 9.10. The quantitative estimate of drug-likeness (QED) is 0.875. The molecule has 0 saturated carbocycles. The molecule has 0 aliphatic carbocycles. The van der Waals surface area contributed by atoms with Crippen LogP contribution in [0.15, 0.2) is 28.7 Å². The van der Waals surface area contributed by atoms with E-state index in [-0.39, 0.29) is 5.92 Å². The summed E-state index contributed by atoms with van der Waals surface area (Å²) in [5, 5.41) is 9.06. The third-order valence-corrected chi connectivity index (χ3v) is 2.88. The molecule has 1 rings (SSSR count). The second kappa shape index (κ2) is 6.66. The molecule has 16 heavy (non-hydrogen) atoms. The summed E-state index contributed by atoms with van der Waals surface area (Å²) >= 11 is 3.37. The van der Waals surface area contributed by atoms with Crippen molar-refractivity contribution in [3.63, 3.8) is 0 Å². The lowest BCUT2D eigenvalue weighted by Gasteiger charge is -2.11. The van der Waals surface area contributed by atoms with Gasteiger partial charge in [-0.15, -0.1) is 0 Å². The lowest BCUT2D eigenvalue weighted by molar-refractivity contribution is -0.142. The summed E-state index contributed by atoms with van der Waals surface area (Å²) in [7, 11) is 1.58. The summed E-state index contributed by atoms with van der Waals surface area (Å²) in [5.74, 6) is -1.15. The zero-order valence-corrected chi connectivity index (χ0v) is 10.7. The van der Waals surface area contributed by atoms with Crippen molar-refractivity contribution >= 4 is 21.9 Å². The predicted octanol–water partition coefficient (Wildman–Crippen LogP) is 2.73. The van der Waals surface area contributed by atoms with Gasteiger partial charge in [-0.3, -0.25) is 4.79 Å². The second-order valence-electron chi connectivity index (χ2n) is 3.65. The minimum atomic E-state index is -0.767. The Hall–Kier alpha value is -0.870. The van der Waals surface area contributed by atoms with E-state index in [2.05, 4.69) is 15.9 Å². The van der Waals surface area contributed by atoms with Gasteiger partial charge < -0.3 is 9.84 Å². The number of aliphatic carboxylic acids is 1. The average Bonchev–Trinajstić information content (AvgIpc) is 2.24. The van der Waals surface area contributed by atoms with Gasteiger partial charge in [0.1, 0.15) is 0 Å². The van der Waals surface area contributed by atoms with E-state index in [1.807, 2.05) is 24.3 Å². The first-order valence-corrected chi connectivity index (χ1v) is 5.89. The number of hydrogen-bond acceptors (Lipinski definition) is 2. The van der Waals surface area contributed by atoms with Gasteiger partial charge in [-0.05, 0) is 30.5 Å². The van der Waals surface area contributed by atoms with Gasteiger partial charge >= 0.3 is 5.97 Å². The van der Waals surface area contributed by atoms with E-state index in [0.717, 1.165) is 10.0 Å². The first-order valence-electron chi connectivity index (χ1n) is 5.09. The molecule has 1 aromatic rings. The van der Waals surface area contributed by atoms with E-state index in [0.29, 0.717) is 19.4 Å². The molecule has 0 bridgehead atoms. The molecular formula is C12H15BrO3. The van der Waals surface area contributed by atoms with Crippen molar-refractivity contribution in [2.45, 2.75) is 12.8 Å². The van der Waals surface area contributed by atoms with Crippen LogP contribution < -0.4 is 0 Å². The summed E-state index contributed by atoms with van der Waals surface area (Å²) in [5.41, 5.74) is 1.03. The van der Waals surface area contributed by atoms with Crippen LogP contribution in [0.4, 0.5) is 0 Å². The van der Waals surface area contributed by atoms with Crippen molar-refractivity contribution in [2.75, 3.05) is 13.7 Å². The van der Waals surface area contributed by atoms with Crippen molar-refractivity contribution in [2.24, 2.45) is 5.92 Å². The van der Waals surface area contributed by atoms with Crippen molar-refractivity contribution < 1.29 is 14.6 Å². The van der Waals surface area contributed by atoms with Crippen LogP contribution in [-0.4, -0.2) is 24.8 Å². The van der Waals surface area contributed by atoms with Crippen molar-refractivity contribution in [3.8, 4) is 0 Å². The average molecular weight is 287 g/mol. The minimum absolute atomic E-state index is 0.380. The molecule has 3 nitrogen and oxygen atoms in total. The van der Waals surface area contributed by atoms with Crippen LogP contribution in [0.1, 0.15) is 12.0 Å². The summed E-state index contributed by atoms with van der Waals surface area (Å²) in [6, 6.07) is 7.72. The van der Waals surface area contributed by atoms with Crippen LogP contribution in [0.2, 0.25) is 0 Å². The fraction of sp³-hybridized carbons (Fsp3) is 0.417. The molecule has 0 radical (unpaired) electrons. The highest BCUT2D eigenvalue weighted by Crippen LogP contribution is 2.17. The summed E-state index contributed by atoms with van der Waals surface area (Å²) in [6.07, 6.45) is 1.08. The summed E-state index contributed by atoms with van der Waals surface area (Å²) in [6.45, 7) is 0.477.